The molecule has 2 rings (SSSR count). The summed E-state index contributed by atoms with van der Waals surface area (Å²) in [7, 11) is 1.81. The maximum atomic E-state index is 10.2. The van der Waals surface area contributed by atoms with E-state index in [2.05, 4.69) is 10.3 Å². The molecule has 0 saturated heterocycles. The van der Waals surface area contributed by atoms with Gasteiger partial charge in [0.25, 0.3) is 0 Å². The molecule has 0 amide bonds. The second-order valence-corrected chi connectivity index (χ2v) is 4.32. The minimum Gasteiger partial charge on any atom is -0.390 e. The summed E-state index contributed by atoms with van der Waals surface area (Å²) in [6, 6.07) is 9.61. The van der Waals surface area contributed by atoms with E-state index in [1.54, 1.807) is 6.20 Å². The monoisotopic (exact) mass is 246 g/mol. The molecule has 0 aliphatic heterocycles. The lowest BCUT2D eigenvalue weighted by Crippen LogP contribution is -2.24. The van der Waals surface area contributed by atoms with Crippen LogP contribution in [0.15, 0.2) is 36.5 Å². The average Bonchev–Trinajstić information content (AvgIpc) is 2.43. The zero-order valence-electron chi connectivity index (χ0n) is 10.4. The summed E-state index contributed by atoms with van der Waals surface area (Å²) in [5, 5.41) is 25.0. The van der Waals surface area contributed by atoms with Crippen LogP contribution in [0.25, 0.3) is 10.8 Å². The Morgan fingerprint density at radius 1 is 1.22 bits per heavy atom. The molecule has 0 bridgehead atoms. The number of aliphatic hydroxyl groups is 2. The van der Waals surface area contributed by atoms with Crippen molar-refractivity contribution in [3.8, 4) is 0 Å². The van der Waals surface area contributed by atoms with E-state index in [4.69, 9.17) is 0 Å². The number of nitrogens with zero attached hydrogens (tertiary/aromatic N) is 1. The third-order valence-corrected chi connectivity index (χ3v) is 3.04. The maximum Gasteiger partial charge on any atom is 0.122 e. The zero-order valence-corrected chi connectivity index (χ0v) is 10.4. The van der Waals surface area contributed by atoms with Crippen molar-refractivity contribution in [3.63, 3.8) is 0 Å². The maximum absolute atomic E-state index is 10.2. The van der Waals surface area contributed by atoms with E-state index in [1.165, 1.54) is 0 Å². The zero-order chi connectivity index (χ0) is 13.0. The molecule has 96 valence electrons. The fraction of sp³-hybridized carbons (Fsp3) is 0.357. The van der Waals surface area contributed by atoms with Gasteiger partial charge in [0.2, 0.25) is 0 Å². The summed E-state index contributed by atoms with van der Waals surface area (Å²) < 4.78 is 0. The molecule has 0 saturated carbocycles. The molecule has 1 aromatic carbocycles. The number of benzene rings is 1. The number of aliphatic hydroxyl groups excluding tert-OH is 2. The van der Waals surface area contributed by atoms with Crippen molar-refractivity contribution in [3.05, 3.63) is 42.2 Å². The topological polar surface area (TPSA) is 65.4 Å². The highest BCUT2D eigenvalue weighted by Gasteiger charge is 2.20. The molecule has 3 N–H and O–H groups in total. The first-order valence-electron chi connectivity index (χ1n) is 6.08. The van der Waals surface area contributed by atoms with Crippen molar-refractivity contribution in [1.82, 2.24) is 10.3 Å². The second-order valence-electron chi connectivity index (χ2n) is 4.32. The van der Waals surface area contributed by atoms with E-state index in [9.17, 15) is 10.2 Å². The lowest BCUT2D eigenvalue weighted by Gasteiger charge is -2.18. The summed E-state index contributed by atoms with van der Waals surface area (Å²) in [5.74, 6) is 0. The highest BCUT2D eigenvalue weighted by atomic mass is 16.3. The van der Waals surface area contributed by atoms with Gasteiger partial charge in [0.1, 0.15) is 6.10 Å². The first-order valence-corrected chi connectivity index (χ1v) is 6.08. The Balaban J connectivity index is 2.29. The molecule has 0 aliphatic rings. The van der Waals surface area contributed by atoms with Gasteiger partial charge in [-0.15, -0.1) is 0 Å². The van der Waals surface area contributed by atoms with Crippen LogP contribution in [0.4, 0.5) is 0 Å². The average molecular weight is 246 g/mol. The van der Waals surface area contributed by atoms with E-state index in [-0.39, 0.29) is 0 Å². The van der Waals surface area contributed by atoms with Gasteiger partial charge in [0.05, 0.1) is 11.8 Å². The normalized spacial score (nSPS) is 14.6. The minimum atomic E-state index is -0.954. The number of nitrogens with one attached hydrogen (secondary N) is 1. The van der Waals surface area contributed by atoms with Gasteiger partial charge in [-0.3, -0.25) is 4.98 Å². The smallest absolute Gasteiger partial charge is 0.122 e. The Kier molecular flexibility index (Phi) is 4.25. The Bertz CT molecular complexity index is 511. The van der Waals surface area contributed by atoms with Crippen LogP contribution in [0.5, 0.6) is 0 Å². The van der Waals surface area contributed by atoms with Crippen LogP contribution < -0.4 is 5.32 Å². The highest BCUT2D eigenvalue weighted by molar-refractivity contribution is 5.84. The highest BCUT2D eigenvalue weighted by Crippen LogP contribution is 2.24. The summed E-state index contributed by atoms with van der Waals surface area (Å²) in [6.45, 7) is 0.656. The quantitative estimate of drug-likeness (QED) is 0.742. The third kappa shape index (κ3) is 2.67. The molecule has 2 atom stereocenters. The van der Waals surface area contributed by atoms with Crippen molar-refractivity contribution in [2.75, 3.05) is 13.6 Å². The van der Waals surface area contributed by atoms with Crippen molar-refractivity contribution >= 4 is 10.8 Å². The lowest BCUT2D eigenvalue weighted by molar-refractivity contribution is 0.0125. The van der Waals surface area contributed by atoms with Crippen LogP contribution in [-0.4, -0.2) is 34.9 Å². The minimum absolute atomic E-state index is 0.489. The molecule has 0 aliphatic carbocycles. The van der Waals surface area contributed by atoms with Gasteiger partial charge in [-0.2, -0.15) is 0 Å². The van der Waals surface area contributed by atoms with Gasteiger partial charge in [0, 0.05) is 11.6 Å². The first kappa shape index (κ1) is 13.0. The molecule has 0 fully saturated rings. The van der Waals surface area contributed by atoms with Gasteiger partial charge in [0.15, 0.2) is 0 Å². The Morgan fingerprint density at radius 3 is 2.78 bits per heavy atom. The number of fused-ring (bicyclic) bond motifs is 1. The number of hydrogen-bond acceptors (Lipinski definition) is 4. The summed E-state index contributed by atoms with van der Waals surface area (Å²) in [4.78, 5) is 4.21. The van der Waals surface area contributed by atoms with Crippen LogP contribution in [-0.2, 0) is 0 Å². The lowest BCUT2D eigenvalue weighted by atomic mass is 10.0. The van der Waals surface area contributed by atoms with Gasteiger partial charge < -0.3 is 15.5 Å². The third-order valence-electron chi connectivity index (χ3n) is 3.04. The van der Waals surface area contributed by atoms with Crippen molar-refractivity contribution in [1.29, 1.82) is 0 Å². The second kappa shape index (κ2) is 5.91. The Hall–Kier alpha value is -1.49. The van der Waals surface area contributed by atoms with Gasteiger partial charge in [-0.05, 0) is 31.5 Å². The summed E-state index contributed by atoms with van der Waals surface area (Å²) in [6.07, 6.45) is 0.383. The molecule has 2 aromatic rings. The fourth-order valence-electron chi connectivity index (χ4n) is 2.01. The van der Waals surface area contributed by atoms with Gasteiger partial charge in [-0.25, -0.2) is 0 Å². The molecule has 1 aromatic heterocycles. The number of rotatable bonds is 5. The predicted molar refractivity (Wildman–Crippen MR) is 71.3 cm³/mol. The fourth-order valence-corrected chi connectivity index (χ4v) is 2.01. The van der Waals surface area contributed by atoms with Gasteiger partial charge >= 0.3 is 0 Å². The van der Waals surface area contributed by atoms with E-state index in [0.717, 1.165) is 10.8 Å². The van der Waals surface area contributed by atoms with Gasteiger partial charge in [-0.1, -0.05) is 24.3 Å². The molecule has 4 heteroatoms. The van der Waals surface area contributed by atoms with Crippen LogP contribution >= 0.6 is 0 Å². The molecule has 4 nitrogen and oxygen atoms in total. The van der Waals surface area contributed by atoms with E-state index >= 15 is 0 Å². The molecule has 0 radical (unpaired) electrons. The number of pyridine rings is 1. The molecular formula is C14H18N2O2. The number of aromatic nitrogens is 1. The largest absolute Gasteiger partial charge is 0.390 e. The van der Waals surface area contributed by atoms with E-state index in [0.29, 0.717) is 18.7 Å². The molecular weight excluding hydrogens is 228 g/mol. The summed E-state index contributed by atoms with van der Waals surface area (Å²) >= 11 is 0. The predicted octanol–water partition coefficient (Wildman–Crippen LogP) is 1.24. The first-order chi connectivity index (χ1) is 8.74. The summed E-state index contributed by atoms with van der Waals surface area (Å²) in [5.41, 5.74) is 0.539. The van der Waals surface area contributed by atoms with Crippen LogP contribution in [0.2, 0.25) is 0 Å². The Labute approximate surface area is 106 Å². The molecule has 2 unspecified atom stereocenters. The van der Waals surface area contributed by atoms with Crippen LogP contribution in [0.1, 0.15) is 18.2 Å². The number of hydrogen-bond donors (Lipinski definition) is 3. The van der Waals surface area contributed by atoms with Crippen molar-refractivity contribution < 1.29 is 10.2 Å². The van der Waals surface area contributed by atoms with Crippen molar-refractivity contribution in [2.24, 2.45) is 0 Å². The van der Waals surface area contributed by atoms with Crippen LogP contribution in [0, 0.1) is 0 Å². The van der Waals surface area contributed by atoms with Crippen LogP contribution in [0.3, 0.4) is 0 Å². The van der Waals surface area contributed by atoms with E-state index < -0.39 is 12.2 Å². The van der Waals surface area contributed by atoms with E-state index in [1.807, 2.05) is 37.4 Å². The standard InChI is InChI=1S/C14H18N2O2/c1-15-8-7-12(17)14(18)13-11-5-3-2-4-10(11)6-9-16-13/h2-6,9,12,14-15,17-18H,7-8H2,1H3. The SMILES string of the molecule is CNCCC(O)C(O)c1nccc2ccccc12. The molecule has 18 heavy (non-hydrogen) atoms. The Morgan fingerprint density at radius 2 is 2.00 bits per heavy atom. The molecule has 1 heterocycles. The van der Waals surface area contributed by atoms with Crippen molar-refractivity contribution in [2.45, 2.75) is 18.6 Å². The molecule has 0 spiro atoms.